The molecular weight excluding hydrogens is 202 g/mol. The molecular formula is C13H19NO2. The molecule has 0 bridgehead atoms. The Morgan fingerprint density at radius 1 is 1.38 bits per heavy atom. The minimum atomic E-state index is -0.371. The molecule has 2 N–H and O–H groups in total. The van der Waals surface area contributed by atoms with E-state index in [4.69, 9.17) is 10.5 Å². The molecule has 0 aliphatic heterocycles. The normalized spacial score (nSPS) is 10.2. The van der Waals surface area contributed by atoms with E-state index in [1.54, 1.807) is 7.11 Å². The Bertz CT molecular complexity index is 411. The van der Waals surface area contributed by atoms with Crippen LogP contribution in [0.15, 0.2) is 6.07 Å². The first-order valence-corrected chi connectivity index (χ1v) is 5.55. The number of carbonyl (C=O) groups is 1. The summed E-state index contributed by atoms with van der Waals surface area (Å²) in [5.74, 6) is 0.525. The summed E-state index contributed by atoms with van der Waals surface area (Å²) in [4.78, 5) is 11.3. The van der Waals surface area contributed by atoms with Gasteiger partial charge in [0, 0.05) is 5.56 Å². The Hall–Kier alpha value is -1.51. The Morgan fingerprint density at radius 3 is 2.38 bits per heavy atom. The van der Waals surface area contributed by atoms with Crippen LogP contribution in [0.1, 0.15) is 40.9 Å². The van der Waals surface area contributed by atoms with E-state index in [-0.39, 0.29) is 5.91 Å². The second-order valence-corrected chi connectivity index (χ2v) is 3.79. The van der Waals surface area contributed by atoms with Crippen LogP contribution in [0.4, 0.5) is 0 Å². The number of benzene rings is 1. The van der Waals surface area contributed by atoms with Gasteiger partial charge >= 0.3 is 0 Å². The number of aryl methyl sites for hydroxylation is 1. The van der Waals surface area contributed by atoms with Gasteiger partial charge in [-0.2, -0.15) is 0 Å². The lowest BCUT2D eigenvalue weighted by atomic mass is 9.94. The average molecular weight is 221 g/mol. The van der Waals surface area contributed by atoms with Crippen LogP contribution in [-0.4, -0.2) is 13.0 Å². The minimum absolute atomic E-state index is 0.371. The number of ether oxygens (including phenoxy) is 1. The van der Waals surface area contributed by atoms with E-state index in [9.17, 15) is 4.79 Å². The van der Waals surface area contributed by atoms with Gasteiger partial charge in [-0.25, -0.2) is 0 Å². The van der Waals surface area contributed by atoms with Gasteiger partial charge in [0.25, 0.3) is 0 Å². The summed E-state index contributed by atoms with van der Waals surface area (Å²) < 4.78 is 5.42. The summed E-state index contributed by atoms with van der Waals surface area (Å²) in [6.45, 7) is 6.01. The Labute approximate surface area is 96.6 Å². The van der Waals surface area contributed by atoms with Crippen molar-refractivity contribution in [3.05, 3.63) is 28.3 Å². The standard InChI is InChI=1S/C13H19NO2/c1-5-9-7-11(13(14)15)8(3)10(6-2)12(9)16-4/h7H,5-6H2,1-4H3,(H2,14,15). The molecule has 0 saturated carbocycles. The van der Waals surface area contributed by atoms with E-state index >= 15 is 0 Å². The van der Waals surface area contributed by atoms with Crippen molar-refractivity contribution in [2.75, 3.05) is 7.11 Å². The monoisotopic (exact) mass is 221 g/mol. The zero-order valence-electron chi connectivity index (χ0n) is 10.4. The molecule has 0 saturated heterocycles. The molecule has 0 aromatic heterocycles. The molecule has 0 fully saturated rings. The van der Waals surface area contributed by atoms with Gasteiger partial charge in [-0.15, -0.1) is 0 Å². The molecule has 0 heterocycles. The number of nitrogens with two attached hydrogens (primary N) is 1. The van der Waals surface area contributed by atoms with Crippen LogP contribution in [0.25, 0.3) is 0 Å². The quantitative estimate of drug-likeness (QED) is 0.847. The first-order valence-electron chi connectivity index (χ1n) is 5.55. The number of methoxy groups -OCH3 is 1. The highest BCUT2D eigenvalue weighted by Crippen LogP contribution is 2.30. The van der Waals surface area contributed by atoms with Crippen LogP contribution >= 0.6 is 0 Å². The lowest BCUT2D eigenvalue weighted by Crippen LogP contribution is -2.15. The number of primary amides is 1. The van der Waals surface area contributed by atoms with Crippen molar-refractivity contribution in [1.29, 1.82) is 0 Å². The van der Waals surface area contributed by atoms with Gasteiger partial charge < -0.3 is 10.5 Å². The van der Waals surface area contributed by atoms with Gasteiger partial charge in [0.05, 0.1) is 7.11 Å². The number of rotatable bonds is 4. The van der Waals surface area contributed by atoms with Gasteiger partial charge in [-0.05, 0) is 42.5 Å². The molecule has 1 rings (SSSR count). The van der Waals surface area contributed by atoms with Crippen LogP contribution in [0.2, 0.25) is 0 Å². The molecule has 0 radical (unpaired) electrons. The molecule has 88 valence electrons. The van der Waals surface area contributed by atoms with Gasteiger partial charge in [-0.3, -0.25) is 4.79 Å². The van der Waals surface area contributed by atoms with Gasteiger partial charge in [-0.1, -0.05) is 13.8 Å². The van der Waals surface area contributed by atoms with Crippen molar-refractivity contribution in [1.82, 2.24) is 0 Å². The Balaban J connectivity index is 3.54. The maximum atomic E-state index is 11.3. The molecule has 1 aromatic rings. The van der Waals surface area contributed by atoms with E-state index in [1.165, 1.54) is 0 Å². The fraction of sp³-hybridized carbons (Fsp3) is 0.462. The first-order chi connectivity index (χ1) is 7.56. The summed E-state index contributed by atoms with van der Waals surface area (Å²) in [5.41, 5.74) is 9.03. The second kappa shape index (κ2) is 5.01. The molecule has 3 nitrogen and oxygen atoms in total. The fourth-order valence-electron chi connectivity index (χ4n) is 2.07. The first kappa shape index (κ1) is 12.6. The average Bonchev–Trinajstić information content (AvgIpc) is 2.27. The van der Waals surface area contributed by atoms with Crippen molar-refractivity contribution >= 4 is 5.91 Å². The third-order valence-electron chi connectivity index (χ3n) is 2.95. The molecule has 0 spiro atoms. The predicted octanol–water partition coefficient (Wildman–Crippen LogP) is 2.23. The fourth-order valence-corrected chi connectivity index (χ4v) is 2.07. The van der Waals surface area contributed by atoms with E-state index in [1.807, 2.05) is 19.9 Å². The van der Waals surface area contributed by atoms with E-state index in [0.29, 0.717) is 5.56 Å². The lowest BCUT2D eigenvalue weighted by Gasteiger charge is -2.16. The summed E-state index contributed by atoms with van der Waals surface area (Å²) in [6, 6.07) is 1.84. The zero-order chi connectivity index (χ0) is 12.3. The molecule has 0 aliphatic carbocycles. The molecule has 0 atom stereocenters. The van der Waals surface area contributed by atoms with Crippen LogP contribution < -0.4 is 10.5 Å². The summed E-state index contributed by atoms with van der Waals surface area (Å²) in [5, 5.41) is 0. The Kier molecular flexibility index (Phi) is 3.93. The van der Waals surface area contributed by atoms with Crippen molar-refractivity contribution < 1.29 is 9.53 Å². The molecule has 1 aromatic carbocycles. The molecule has 3 heteroatoms. The van der Waals surface area contributed by atoms with Crippen molar-refractivity contribution in [3.8, 4) is 5.75 Å². The second-order valence-electron chi connectivity index (χ2n) is 3.79. The van der Waals surface area contributed by atoms with Gasteiger partial charge in [0.1, 0.15) is 5.75 Å². The van der Waals surface area contributed by atoms with Crippen molar-refractivity contribution in [3.63, 3.8) is 0 Å². The van der Waals surface area contributed by atoms with Gasteiger partial charge in [0.15, 0.2) is 0 Å². The highest BCUT2D eigenvalue weighted by molar-refractivity contribution is 5.95. The smallest absolute Gasteiger partial charge is 0.248 e. The van der Waals surface area contributed by atoms with Crippen LogP contribution in [0, 0.1) is 6.92 Å². The highest BCUT2D eigenvalue weighted by Gasteiger charge is 2.16. The highest BCUT2D eigenvalue weighted by atomic mass is 16.5. The van der Waals surface area contributed by atoms with Crippen LogP contribution in [0.3, 0.4) is 0 Å². The molecule has 1 amide bonds. The number of amides is 1. The Morgan fingerprint density at radius 2 is 2.00 bits per heavy atom. The number of carbonyl (C=O) groups excluding carboxylic acids is 1. The minimum Gasteiger partial charge on any atom is -0.496 e. The van der Waals surface area contributed by atoms with Crippen LogP contribution in [-0.2, 0) is 12.8 Å². The van der Waals surface area contributed by atoms with E-state index in [0.717, 1.165) is 35.3 Å². The van der Waals surface area contributed by atoms with E-state index < -0.39 is 0 Å². The van der Waals surface area contributed by atoms with E-state index in [2.05, 4.69) is 6.92 Å². The molecule has 16 heavy (non-hydrogen) atoms. The van der Waals surface area contributed by atoms with Crippen LogP contribution in [0.5, 0.6) is 5.75 Å². The van der Waals surface area contributed by atoms with Crippen molar-refractivity contribution in [2.45, 2.75) is 33.6 Å². The molecule has 0 unspecified atom stereocenters. The predicted molar refractivity (Wildman–Crippen MR) is 65.0 cm³/mol. The largest absolute Gasteiger partial charge is 0.496 e. The maximum absolute atomic E-state index is 11.3. The third kappa shape index (κ3) is 2.03. The number of hydrogen-bond donors (Lipinski definition) is 1. The third-order valence-corrected chi connectivity index (χ3v) is 2.95. The summed E-state index contributed by atoms with van der Waals surface area (Å²) in [6.07, 6.45) is 1.67. The SMILES string of the molecule is CCc1cc(C(N)=O)c(C)c(CC)c1OC. The summed E-state index contributed by atoms with van der Waals surface area (Å²) >= 11 is 0. The topological polar surface area (TPSA) is 52.3 Å². The molecule has 0 aliphatic rings. The number of hydrogen-bond acceptors (Lipinski definition) is 2. The maximum Gasteiger partial charge on any atom is 0.248 e. The summed E-state index contributed by atoms with van der Waals surface area (Å²) in [7, 11) is 1.66. The zero-order valence-corrected chi connectivity index (χ0v) is 10.4. The lowest BCUT2D eigenvalue weighted by molar-refractivity contribution is 0.0999. The van der Waals surface area contributed by atoms with Gasteiger partial charge in [0.2, 0.25) is 5.91 Å². The van der Waals surface area contributed by atoms with Crippen molar-refractivity contribution in [2.24, 2.45) is 5.73 Å².